The Morgan fingerprint density at radius 2 is 1.90 bits per heavy atom. The molecule has 1 saturated heterocycles. The number of ether oxygens (including phenoxy) is 1. The maximum absolute atomic E-state index is 6.07. The molecule has 1 aromatic rings. The van der Waals surface area contributed by atoms with Gasteiger partial charge in [-0.3, -0.25) is 0 Å². The van der Waals surface area contributed by atoms with Crippen LogP contribution in [-0.4, -0.2) is 18.2 Å². The van der Waals surface area contributed by atoms with Crippen molar-refractivity contribution in [2.24, 2.45) is 0 Å². The van der Waals surface area contributed by atoms with Crippen molar-refractivity contribution in [1.29, 1.82) is 0 Å². The molecule has 118 valence electrons. The Morgan fingerprint density at radius 3 is 2.48 bits per heavy atom. The third kappa shape index (κ3) is 4.21. The van der Waals surface area contributed by atoms with Crippen LogP contribution in [0.1, 0.15) is 64.5 Å². The van der Waals surface area contributed by atoms with Gasteiger partial charge in [0.05, 0.1) is 5.60 Å². The molecule has 1 fully saturated rings. The Bertz CT molecular complexity index is 427. The van der Waals surface area contributed by atoms with Gasteiger partial charge >= 0.3 is 0 Å². The lowest BCUT2D eigenvalue weighted by Crippen LogP contribution is -2.47. The molecule has 0 spiro atoms. The molecule has 21 heavy (non-hydrogen) atoms. The Kier molecular flexibility index (Phi) is 6.09. The van der Waals surface area contributed by atoms with E-state index in [-0.39, 0.29) is 5.60 Å². The predicted octanol–water partition coefficient (Wildman–Crippen LogP) is 5.12. The highest BCUT2D eigenvalue weighted by atomic mass is 35.5. The molecule has 1 aliphatic rings. The van der Waals surface area contributed by atoms with Crippen LogP contribution in [0.15, 0.2) is 24.3 Å². The smallest absolute Gasteiger partial charge is 0.0692 e. The summed E-state index contributed by atoms with van der Waals surface area (Å²) < 4.78 is 6.07. The first-order valence-electron chi connectivity index (χ1n) is 8.28. The molecule has 2 nitrogen and oxygen atoms in total. The van der Waals surface area contributed by atoms with Crippen molar-refractivity contribution < 1.29 is 4.74 Å². The highest BCUT2D eigenvalue weighted by Crippen LogP contribution is 2.32. The third-order valence-electron chi connectivity index (χ3n) is 4.90. The van der Waals surface area contributed by atoms with E-state index in [1.807, 2.05) is 12.1 Å². The topological polar surface area (TPSA) is 21.3 Å². The molecule has 3 heteroatoms. The lowest BCUT2D eigenvalue weighted by Gasteiger charge is -2.41. The van der Waals surface area contributed by atoms with E-state index in [0.29, 0.717) is 12.1 Å². The maximum Gasteiger partial charge on any atom is 0.0692 e. The van der Waals surface area contributed by atoms with E-state index < -0.39 is 0 Å². The number of nitrogens with one attached hydrogen (secondary N) is 1. The highest BCUT2D eigenvalue weighted by Gasteiger charge is 2.35. The summed E-state index contributed by atoms with van der Waals surface area (Å²) in [4.78, 5) is 0. The molecule has 1 N–H and O–H groups in total. The summed E-state index contributed by atoms with van der Waals surface area (Å²) in [5, 5.41) is 4.64. The molecule has 2 atom stereocenters. The van der Waals surface area contributed by atoms with Crippen LogP contribution in [0.4, 0.5) is 0 Å². The average Bonchev–Trinajstić information content (AvgIpc) is 2.53. The fraction of sp³-hybridized carbons (Fsp3) is 0.667. The van der Waals surface area contributed by atoms with Crippen molar-refractivity contribution in [2.45, 2.75) is 70.6 Å². The van der Waals surface area contributed by atoms with E-state index in [2.05, 4.69) is 38.2 Å². The zero-order chi connectivity index (χ0) is 15.3. The fourth-order valence-corrected chi connectivity index (χ4v) is 3.47. The Morgan fingerprint density at radius 1 is 1.24 bits per heavy atom. The largest absolute Gasteiger partial charge is 0.375 e. The van der Waals surface area contributed by atoms with Crippen LogP contribution < -0.4 is 5.32 Å². The first-order chi connectivity index (χ1) is 10.1. The van der Waals surface area contributed by atoms with Gasteiger partial charge in [-0.1, -0.05) is 44.5 Å². The van der Waals surface area contributed by atoms with E-state index in [4.69, 9.17) is 16.3 Å². The molecule has 1 aromatic carbocycles. The summed E-state index contributed by atoms with van der Waals surface area (Å²) in [6, 6.07) is 9.17. The molecule has 0 aliphatic carbocycles. The van der Waals surface area contributed by atoms with Gasteiger partial charge in [0, 0.05) is 23.7 Å². The summed E-state index contributed by atoms with van der Waals surface area (Å²) in [5.74, 6) is 0. The van der Waals surface area contributed by atoms with E-state index in [0.717, 1.165) is 43.7 Å². The van der Waals surface area contributed by atoms with Gasteiger partial charge in [0.15, 0.2) is 0 Å². The molecular formula is C18H28ClNO. The molecule has 2 rings (SSSR count). The molecule has 0 amide bonds. The van der Waals surface area contributed by atoms with Crippen molar-refractivity contribution in [3.8, 4) is 0 Å². The van der Waals surface area contributed by atoms with Crippen LogP contribution in [-0.2, 0) is 4.74 Å². The van der Waals surface area contributed by atoms with Crippen molar-refractivity contribution in [3.63, 3.8) is 0 Å². The van der Waals surface area contributed by atoms with E-state index in [9.17, 15) is 0 Å². The molecular weight excluding hydrogens is 282 g/mol. The van der Waals surface area contributed by atoms with Gasteiger partial charge in [0.1, 0.15) is 0 Å². The molecule has 0 bridgehead atoms. The van der Waals surface area contributed by atoms with Crippen LogP contribution in [0.2, 0.25) is 5.02 Å². The second-order valence-corrected chi connectivity index (χ2v) is 6.54. The van der Waals surface area contributed by atoms with Crippen LogP contribution in [0.25, 0.3) is 0 Å². The minimum absolute atomic E-state index is 0.0776. The summed E-state index contributed by atoms with van der Waals surface area (Å²) in [7, 11) is 0. The molecule has 0 saturated carbocycles. The Balaban J connectivity index is 2.03. The molecule has 0 aromatic heterocycles. The van der Waals surface area contributed by atoms with Crippen molar-refractivity contribution in [1.82, 2.24) is 5.32 Å². The standard InChI is InChI=1S/C18H28ClNO/c1-4-17(14-7-9-15(19)10-8-14)20-16-11-12-21-18(5-2,6-3)13-16/h7-10,16-17,20H,4-6,11-13H2,1-3H3. The van der Waals surface area contributed by atoms with Gasteiger partial charge in [0.25, 0.3) is 0 Å². The number of hydrogen-bond donors (Lipinski definition) is 1. The number of rotatable bonds is 6. The normalized spacial score (nSPS) is 23.0. The number of halogens is 1. The lowest BCUT2D eigenvalue weighted by molar-refractivity contribution is -0.0942. The Hall–Kier alpha value is -0.570. The first kappa shape index (κ1) is 16.8. The minimum Gasteiger partial charge on any atom is -0.375 e. The molecule has 1 heterocycles. The minimum atomic E-state index is 0.0776. The van der Waals surface area contributed by atoms with Gasteiger partial charge in [-0.15, -0.1) is 0 Å². The van der Waals surface area contributed by atoms with Crippen molar-refractivity contribution in [2.75, 3.05) is 6.61 Å². The van der Waals surface area contributed by atoms with Gasteiger partial charge in [-0.05, 0) is 49.8 Å². The SMILES string of the molecule is CCC(NC1CCOC(CC)(CC)C1)c1ccc(Cl)cc1. The highest BCUT2D eigenvalue weighted by molar-refractivity contribution is 6.30. The van der Waals surface area contributed by atoms with Gasteiger partial charge in [-0.25, -0.2) is 0 Å². The van der Waals surface area contributed by atoms with Crippen molar-refractivity contribution >= 4 is 11.6 Å². The molecule has 0 radical (unpaired) electrons. The fourth-order valence-electron chi connectivity index (χ4n) is 3.34. The summed E-state index contributed by atoms with van der Waals surface area (Å²) in [6.45, 7) is 7.58. The molecule has 2 unspecified atom stereocenters. The van der Waals surface area contributed by atoms with Crippen LogP contribution in [0.3, 0.4) is 0 Å². The molecule has 1 aliphatic heterocycles. The van der Waals surface area contributed by atoms with Crippen LogP contribution >= 0.6 is 11.6 Å². The van der Waals surface area contributed by atoms with Crippen LogP contribution in [0.5, 0.6) is 0 Å². The third-order valence-corrected chi connectivity index (χ3v) is 5.15. The van der Waals surface area contributed by atoms with E-state index >= 15 is 0 Å². The van der Waals surface area contributed by atoms with E-state index in [1.54, 1.807) is 0 Å². The summed E-state index contributed by atoms with van der Waals surface area (Å²) >= 11 is 5.99. The lowest BCUT2D eigenvalue weighted by atomic mass is 9.85. The van der Waals surface area contributed by atoms with Gasteiger partial charge in [-0.2, -0.15) is 0 Å². The monoisotopic (exact) mass is 309 g/mol. The summed E-state index contributed by atoms with van der Waals surface area (Å²) in [5.41, 5.74) is 1.40. The first-order valence-corrected chi connectivity index (χ1v) is 8.65. The summed E-state index contributed by atoms with van der Waals surface area (Å²) in [6.07, 6.45) is 5.50. The second kappa shape index (κ2) is 7.62. The van der Waals surface area contributed by atoms with Gasteiger partial charge in [0.2, 0.25) is 0 Å². The van der Waals surface area contributed by atoms with Gasteiger partial charge < -0.3 is 10.1 Å². The number of hydrogen-bond acceptors (Lipinski definition) is 2. The zero-order valence-corrected chi connectivity index (χ0v) is 14.2. The number of benzene rings is 1. The Labute approximate surface area is 134 Å². The zero-order valence-electron chi connectivity index (χ0n) is 13.5. The van der Waals surface area contributed by atoms with Crippen LogP contribution in [0, 0.1) is 0 Å². The second-order valence-electron chi connectivity index (χ2n) is 6.11. The quantitative estimate of drug-likeness (QED) is 0.787. The average molecular weight is 310 g/mol. The maximum atomic E-state index is 6.07. The van der Waals surface area contributed by atoms with Crippen molar-refractivity contribution in [3.05, 3.63) is 34.9 Å². The predicted molar refractivity (Wildman–Crippen MR) is 89.9 cm³/mol. The van der Waals surface area contributed by atoms with E-state index in [1.165, 1.54) is 5.56 Å².